The molecule has 1 aliphatic rings. The third kappa shape index (κ3) is 3.24. The highest BCUT2D eigenvalue weighted by Gasteiger charge is 2.39. The van der Waals surface area contributed by atoms with Gasteiger partial charge in [0.1, 0.15) is 13.3 Å². The van der Waals surface area contributed by atoms with Gasteiger partial charge in [0, 0.05) is 0 Å². The van der Waals surface area contributed by atoms with E-state index in [4.69, 9.17) is 9.47 Å². The van der Waals surface area contributed by atoms with Crippen LogP contribution in [0.1, 0.15) is 19.4 Å². The molecule has 1 saturated heterocycles. The number of aliphatic hydroxyl groups is 1. The standard InChI is InChI=1S/C14H19NO4/c1-10(2)12-13(16)19-9-15(12)14(17)18-8-11-6-4-3-5-7-11/h3-7,10,12-13,16H,8-9H2,1-2H3/t12-,13-/m0/s1. The van der Waals surface area contributed by atoms with Gasteiger partial charge in [0.2, 0.25) is 0 Å². The number of ether oxygens (including phenoxy) is 2. The van der Waals surface area contributed by atoms with Gasteiger partial charge in [-0.25, -0.2) is 4.79 Å². The van der Waals surface area contributed by atoms with Gasteiger partial charge in [-0.15, -0.1) is 0 Å². The van der Waals surface area contributed by atoms with Crippen LogP contribution in [0.25, 0.3) is 0 Å². The van der Waals surface area contributed by atoms with Crippen molar-refractivity contribution in [3.63, 3.8) is 0 Å². The minimum atomic E-state index is -0.940. The van der Waals surface area contributed by atoms with Crippen molar-refractivity contribution < 1.29 is 19.4 Å². The molecule has 0 radical (unpaired) electrons. The van der Waals surface area contributed by atoms with Gasteiger partial charge < -0.3 is 14.6 Å². The van der Waals surface area contributed by atoms with E-state index >= 15 is 0 Å². The second kappa shape index (κ2) is 6.04. The fourth-order valence-electron chi connectivity index (χ4n) is 2.16. The quantitative estimate of drug-likeness (QED) is 0.907. The highest BCUT2D eigenvalue weighted by atomic mass is 16.6. The maximum Gasteiger partial charge on any atom is 0.412 e. The zero-order chi connectivity index (χ0) is 13.8. The first-order valence-corrected chi connectivity index (χ1v) is 6.36. The summed E-state index contributed by atoms with van der Waals surface area (Å²) in [5, 5.41) is 9.69. The van der Waals surface area contributed by atoms with Crippen LogP contribution in [-0.4, -0.2) is 35.2 Å². The number of rotatable bonds is 3. The molecule has 0 bridgehead atoms. The largest absolute Gasteiger partial charge is 0.444 e. The highest BCUT2D eigenvalue weighted by molar-refractivity contribution is 5.68. The molecule has 104 valence electrons. The van der Waals surface area contributed by atoms with E-state index in [-0.39, 0.29) is 25.3 Å². The van der Waals surface area contributed by atoms with Crippen LogP contribution in [0.15, 0.2) is 30.3 Å². The Morgan fingerprint density at radius 1 is 1.47 bits per heavy atom. The Morgan fingerprint density at radius 3 is 2.79 bits per heavy atom. The van der Waals surface area contributed by atoms with Gasteiger partial charge in [0.15, 0.2) is 6.29 Å². The first-order valence-electron chi connectivity index (χ1n) is 6.36. The molecule has 2 atom stereocenters. The molecule has 0 aliphatic carbocycles. The van der Waals surface area contributed by atoms with E-state index in [0.717, 1.165) is 5.56 Å². The number of benzene rings is 1. The Hall–Kier alpha value is -1.59. The summed E-state index contributed by atoms with van der Waals surface area (Å²) in [4.78, 5) is 13.4. The molecular formula is C14H19NO4. The number of amides is 1. The number of hydrogen-bond acceptors (Lipinski definition) is 4. The van der Waals surface area contributed by atoms with Crippen molar-refractivity contribution in [3.8, 4) is 0 Å². The average Bonchev–Trinajstić information content (AvgIpc) is 2.79. The minimum Gasteiger partial charge on any atom is -0.444 e. The lowest BCUT2D eigenvalue weighted by Crippen LogP contribution is -2.43. The summed E-state index contributed by atoms with van der Waals surface area (Å²) in [6, 6.07) is 9.12. The van der Waals surface area contributed by atoms with E-state index in [1.54, 1.807) is 0 Å². The number of nitrogens with zero attached hydrogens (tertiary/aromatic N) is 1. The average molecular weight is 265 g/mol. The van der Waals surface area contributed by atoms with Crippen LogP contribution in [0.3, 0.4) is 0 Å². The van der Waals surface area contributed by atoms with Crippen LogP contribution in [0.5, 0.6) is 0 Å². The predicted molar refractivity (Wildman–Crippen MR) is 69.1 cm³/mol. The molecule has 1 N–H and O–H groups in total. The Labute approximate surface area is 112 Å². The normalized spacial score (nSPS) is 22.8. The molecular weight excluding hydrogens is 246 g/mol. The van der Waals surface area contributed by atoms with Gasteiger partial charge in [0.25, 0.3) is 0 Å². The summed E-state index contributed by atoms with van der Waals surface area (Å²) in [7, 11) is 0. The molecule has 1 amide bonds. The molecule has 0 unspecified atom stereocenters. The van der Waals surface area contributed by atoms with E-state index < -0.39 is 12.4 Å². The lowest BCUT2D eigenvalue weighted by atomic mass is 10.0. The Bertz CT molecular complexity index is 421. The van der Waals surface area contributed by atoms with Crippen molar-refractivity contribution in [1.29, 1.82) is 0 Å². The van der Waals surface area contributed by atoms with E-state index in [9.17, 15) is 9.90 Å². The monoisotopic (exact) mass is 265 g/mol. The second-order valence-corrected chi connectivity index (χ2v) is 4.93. The Balaban J connectivity index is 1.93. The predicted octanol–water partition coefficient (Wildman–Crippen LogP) is 1.96. The molecule has 1 fully saturated rings. The third-order valence-electron chi connectivity index (χ3n) is 3.16. The number of aliphatic hydroxyl groups excluding tert-OH is 1. The molecule has 1 heterocycles. The molecule has 19 heavy (non-hydrogen) atoms. The van der Waals surface area contributed by atoms with E-state index in [1.807, 2.05) is 44.2 Å². The molecule has 1 aromatic carbocycles. The van der Waals surface area contributed by atoms with Crippen molar-refractivity contribution in [2.45, 2.75) is 32.8 Å². The van der Waals surface area contributed by atoms with Crippen molar-refractivity contribution in [3.05, 3.63) is 35.9 Å². The SMILES string of the molecule is CC(C)[C@H]1[C@@H](O)OCN1C(=O)OCc1ccccc1. The maximum absolute atomic E-state index is 12.0. The van der Waals surface area contributed by atoms with Crippen molar-refractivity contribution in [1.82, 2.24) is 4.90 Å². The van der Waals surface area contributed by atoms with Crippen molar-refractivity contribution >= 4 is 6.09 Å². The van der Waals surface area contributed by atoms with Crippen LogP contribution < -0.4 is 0 Å². The zero-order valence-corrected chi connectivity index (χ0v) is 11.2. The van der Waals surface area contributed by atoms with Crippen LogP contribution in [0.2, 0.25) is 0 Å². The first kappa shape index (κ1) is 13.8. The lowest BCUT2D eigenvalue weighted by Gasteiger charge is -2.26. The van der Waals surface area contributed by atoms with Gasteiger partial charge in [-0.1, -0.05) is 44.2 Å². The molecule has 5 nitrogen and oxygen atoms in total. The van der Waals surface area contributed by atoms with E-state index in [1.165, 1.54) is 4.90 Å². The molecule has 0 spiro atoms. The van der Waals surface area contributed by atoms with Gasteiger partial charge in [-0.2, -0.15) is 0 Å². The smallest absolute Gasteiger partial charge is 0.412 e. The molecule has 1 aliphatic heterocycles. The van der Waals surface area contributed by atoms with Crippen LogP contribution in [0.4, 0.5) is 4.79 Å². The van der Waals surface area contributed by atoms with Gasteiger partial charge in [-0.05, 0) is 11.5 Å². The molecule has 5 heteroatoms. The minimum absolute atomic E-state index is 0.0671. The number of carbonyl (C=O) groups excluding carboxylic acids is 1. The van der Waals surface area contributed by atoms with Gasteiger partial charge in [0.05, 0.1) is 6.04 Å². The summed E-state index contributed by atoms with van der Waals surface area (Å²) in [6.07, 6.45) is -1.40. The van der Waals surface area contributed by atoms with E-state index in [0.29, 0.717) is 0 Å². The molecule has 0 saturated carbocycles. The van der Waals surface area contributed by atoms with Crippen LogP contribution in [0, 0.1) is 5.92 Å². The number of carbonyl (C=O) groups is 1. The van der Waals surface area contributed by atoms with Crippen molar-refractivity contribution in [2.75, 3.05) is 6.73 Å². The van der Waals surface area contributed by atoms with Gasteiger partial charge >= 0.3 is 6.09 Å². The Kier molecular flexibility index (Phi) is 4.39. The third-order valence-corrected chi connectivity index (χ3v) is 3.16. The Morgan fingerprint density at radius 2 is 2.16 bits per heavy atom. The van der Waals surface area contributed by atoms with E-state index in [2.05, 4.69) is 0 Å². The van der Waals surface area contributed by atoms with Gasteiger partial charge in [-0.3, -0.25) is 4.90 Å². The van der Waals surface area contributed by atoms with Crippen molar-refractivity contribution in [2.24, 2.45) is 5.92 Å². The molecule has 1 aromatic rings. The summed E-state index contributed by atoms with van der Waals surface area (Å²) < 4.78 is 10.3. The maximum atomic E-state index is 12.0. The first-order chi connectivity index (χ1) is 9.09. The molecule has 0 aromatic heterocycles. The molecule has 2 rings (SSSR count). The summed E-state index contributed by atoms with van der Waals surface area (Å²) in [6.45, 7) is 4.15. The summed E-state index contributed by atoms with van der Waals surface area (Å²) in [5.41, 5.74) is 0.928. The van der Waals surface area contributed by atoms with Crippen LogP contribution >= 0.6 is 0 Å². The fourth-order valence-corrected chi connectivity index (χ4v) is 2.16. The summed E-state index contributed by atoms with van der Waals surface area (Å²) >= 11 is 0. The topological polar surface area (TPSA) is 59.0 Å². The fraction of sp³-hybridized carbons (Fsp3) is 0.500. The summed E-state index contributed by atoms with van der Waals surface area (Å²) in [5.74, 6) is 0.0989. The highest BCUT2D eigenvalue weighted by Crippen LogP contribution is 2.23. The number of hydrogen-bond donors (Lipinski definition) is 1. The second-order valence-electron chi connectivity index (χ2n) is 4.93. The zero-order valence-electron chi connectivity index (χ0n) is 11.2. The lowest BCUT2D eigenvalue weighted by molar-refractivity contribution is -0.0729. The van der Waals surface area contributed by atoms with Crippen LogP contribution in [-0.2, 0) is 16.1 Å².